The Hall–Kier alpha value is -0.460. The van der Waals surface area contributed by atoms with E-state index in [1.165, 1.54) is 25.7 Å². The molecule has 0 heterocycles. The van der Waals surface area contributed by atoms with Gasteiger partial charge >= 0.3 is 0 Å². The van der Waals surface area contributed by atoms with Crippen LogP contribution in [0.2, 0.25) is 0 Å². The van der Waals surface area contributed by atoms with Crippen LogP contribution in [0.1, 0.15) is 52.9 Å². The Labute approximate surface area is 83.2 Å². The molecule has 1 nitrogen and oxygen atoms in total. The lowest BCUT2D eigenvalue weighted by atomic mass is 9.89. The first-order chi connectivity index (χ1) is 5.95. The topological polar surface area (TPSA) is 9.23 Å². The van der Waals surface area contributed by atoms with Crippen LogP contribution in [-0.4, -0.2) is 7.11 Å². The number of allylic oxidation sites excluding steroid dienone is 1. The van der Waals surface area contributed by atoms with Gasteiger partial charge in [0.1, 0.15) is 0 Å². The van der Waals surface area contributed by atoms with E-state index in [2.05, 4.69) is 27.4 Å². The van der Waals surface area contributed by atoms with Gasteiger partial charge in [0, 0.05) is 6.42 Å². The molecule has 0 bridgehead atoms. The summed E-state index contributed by atoms with van der Waals surface area (Å²) in [5, 5.41) is 0. The Morgan fingerprint density at radius 2 is 1.77 bits per heavy atom. The summed E-state index contributed by atoms with van der Waals surface area (Å²) in [5.74, 6) is 0.913. The summed E-state index contributed by atoms with van der Waals surface area (Å²) in [4.78, 5) is 0. The Balaban J connectivity index is 3.22. The van der Waals surface area contributed by atoms with Crippen LogP contribution >= 0.6 is 0 Å². The van der Waals surface area contributed by atoms with Gasteiger partial charge in [0.2, 0.25) is 0 Å². The van der Waals surface area contributed by atoms with Gasteiger partial charge in [-0.15, -0.1) is 0 Å². The average molecular weight is 184 g/mol. The van der Waals surface area contributed by atoms with E-state index in [4.69, 9.17) is 4.74 Å². The van der Waals surface area contributed by atoms with Gasteiger partial charge in [-0.1, -0.05) is 40.2 Å². The fraction of sp³-hybridized carbons (Fsp3) is 0.833. The minimum atomic E-state index is 0.484. The molecule has 0 aliphatic rings. The fourth-order valence-electron chi connectivity index (χ4n) is 1.26. The lowest BCUT2D eigenvalue weighted by Gasteiger charge is -2.17. The van der Waals surface area contributed by atoms with E-state index in [0.29, 0.717) is 5.41 Å². The molecule has 0 amide bonds. The minimum Gasteiger partial charge on any atom is -0.502 e. The number of rotatable bonds is 6. The van der Waals surface area contributed by atoms with Crippen molar-refractivity contribution in [2.75, 3.05) is 7.11 Å². The van der Waals surface area contributed by atoms with Gasteiger partial charge < -0.3 is 4.74 Å². The smallest absolute Gasteiger partial charge is 0.0883 e. The Bertz CT molecular complexity index is 142. The molecule has 0 aromatic carbocycles. The van der Waals surface area contributed by atoms with Gasteiger partial charge in [0.25, 0.3) is 0 Å². The van der Waals surface area contributed by atoms with Crippen molar-refractivity contribution in [3.63, 3.8) is 0 Å². The number of ether oxygens (including phenoxy) is 1. The SMILES string of the molecule is C=C(CCCCCC(C)(C)C)OC. The fourth-order valence-corrected chi connectivity index (χ4v) is 1.26. The van der Waals surface area contributed by atoms with Gasteiger partial charge in [-0.05, 0) is 18.3 Å². The first-order valence-corrected chi connectivity index (χ1v) is 5.17. The Kier molecular flexibility index (Phi) is 5.85. The zero-order valence-electron chi connectivity index (χ0n) is 9.65. The van der Waals surface area contributed by atoms with Crippen LogP contribution < -0.4 is 0 Å². The molecule has 0 aliphatic heterocycles. The van der Waals surface area contributed by atoms with Crippen molar-refractivity contribution in [1.82, 2.24) is 0 Å². The largest absolute Gasteiger partial charge is 0.502 e. The van der Waals surface area contributed by atoms with Crippen molar-refractivity contribution < 1.29 is 4.74 Å². The zero-order valence-corrected chi connectivity index (χ0v) is 9.65. The lowest BCUT2D eigenvalue weighted by molar-refractivity contribution is 0.274. The maximum Gasteiger partial charge on any atom is 0.0883 e. The molecule has 1 heteroatoms. The third-order valence-electron chi connectivity index (χ3n) is 2.17. The molecule has 0 aromatic heterocycles. The van der Waals surface area contributed by atoms with Crippen molar-refractivity contribution in [2.24, 2.45) is 5.41 Å². The second kappa shape index (κ2) is 6.06. The van der Waals surface area contributed by atoms with E-state index in [0.717, 1.165) is 12.2 Å². The minimum absolute atomic E-state index is 0.484. The summed E-state index contributed by atoms with van der Waals surface area (Å²) in [6, 6.07) is 0. The molecule has 0 rings (SSSR count). The van der Waals surface area contributed by atoms with Gasteiger partial charge in [-0.25, -0.2) is 0 Å². The van der Waals surface area contributed by atoms with Crippen molar-refractivity contribution in [1.29, 1.82) is 0 Å². The van der Waals surface area contributed by atoms with Crippen molar-refractivity contribution in [2.45, 2.75) is 52.9 Å². The molecule has 78 valence electrons. The second-order valence-corrected chi connectivity index (χ2v) is 4.86. The summed E-state index contributed by atoms with van der Waals surface area (Å²) in [6.07, 6.45) is 6.15. The van der Waals surface area contributed by atoms with Crippen LogP contribution in [0.25, 0.3) is 0 Å². The molecule has 0 fully saturated rings. The Morgan fingerprint density at radius 3 is 2.23 bits per heavy atom. The van der Waals surface area contributed by atoms with E-state index in [9.17, 15) is 0 Å². The van der Waals surface area contributed by atoms with E-state index in [-0.39, 0.29) is 0 Å². The van der Waals surface area contributed by atoms with Crippen LogP contribution in [0.5, 0.6) is 0 Å². The second-order valence-electron chi connectivity index (χ2n) is 4.86. The molecular weight excluding hydrogens is 160 g/mol. The van der Waals surface area contributed by atoms with Crippen molar-refractivity contribution in [3.8, 4) is 0 Å². The summed E-state index contributed by atoms with van der Waals surface area (Å²) in [7, 11) is 1.69. The summed E-state index contributed by atoms with van der Waals surface area (Å²) in [6.45, 7) is 10.7. The number of unbranched alkanes of at least 4 members (excludes halogenated alkanes) is 2. The molecule has 13 heavy (non-hydrogen) atoms. The van der Waals surface area contributed by atoms with Crippen LogP contribution in [0, 0.1) is 5.41 Å². The highest BCUT2D eigenvalue weighted by atomic mass is 16.5. The first-order valence-electron chi connectivity index (χ1n) is 5.17. The first kappa shape index (κ1) is 12.5. The van der Waals surface area contributed by atoms with E-state index < -0.39 is 0 Å². The molecule has 0 radical (unpaired) electrons. The highest BCUT2D eigenvalue weighted by Gasteiger charge is 2.08. The third-order valence-corrected chi connectivity index (χ3v) is 2.17. The molecule has 0 N–H and O–H groups in total. The van der Waals surface area contributed by atoms with E-state index in [1.807, 2.05) is 0 Å². The van der Waals surface area contributed by atoms with Crippen molar-refractivity contribution >= 4 is 0 Å². The number of hydrogen-bond donors (Lipinski definition) is 0. The van der Waals surface area contributed by atoms with E-state index in [1.54, 1.807) is 7.11 Å². The molecule has 0 saturated heterocycles. The van der Waals surface area contributed by atoms with Gasteiger partial charge in [0.05, 0.1) is 12.9 Å². The maximum absolute atomic E-state index is 5.00. The van der Waals surface area contributed by atoms with Crippen LogP contribution in [0.15, 0.2) is 12.3 Å². The number of methoxy groups -OCH3 is 1. The summed E-state index contributed by atoms with van der Waals surface area (Å²) < 4.78 is 5.00. The standard InChI is InChI=1S/C12H24O/c1-11(13-5)9-7-6-8-10-12(2,3)4/h1,6-10H2,2-5H3. The third kappa shape index (κ3) is 9.45. The maximum atomic E-state index is 5.00. The highest BCUT2D eigenvalue weighted by molar-refractivity contribution is 4.80. The van der Waals surface area contributed by atoms with Crippen LogP contribution in [0.3, 0.4) is 0 Å². The molecule has 0 saturated carbocycles. The van der Waals surface area contributed by atoms with Crippen LogP contribution in [-0.2, 0) is 4.74 Å². The number of hydrogen-bond acceptors (Lipinski definition) is 1. The highest BCUT2D eigenvalue weighted by Crippen LogP contribution is 2.22. The average Bonchev–Trinajstić information content (AvgIpc) is 2.01. The molecule has 0 aliphatic carbocycles. The molecule has 0 spiro atoms. The van der Waals surface area contributed by atoms with Crippen LogP contribution in [0.4, 0.5) is 0 Å². The summed E-state index contributed by atoms with van der Waals surface area (Å²) >= 11 is 0. The predicted octanol–water partition coefficient (Wildman–Crippen LogP) is 4.14. The predicted molar refractivity (Wildman–Crippen MR) is 58.7 cm³/mol. The molecule has 0 atom stereocenters. The Morgan fingerprint density at radius 1 is 1.15 bits per heavy atom. The lowest BCUT2D eigenvalue weighted by Crippen LogP contribution is -2.03. The molecule has 0 unspecified atom stereocenters. The molecular formula is C12H24O. The monoisotopic (exact) mass is 184 g/mol. The van der Waals surface area contributed by atoms with Crippen molar-refractivity contribution in [3.05, 3.63) is 12.3 Å². The summed E-state index contributed by atoms with van der Waals surface area (Å²) in [5.41, 5.74) is 0.484. The van der Waals surface area contributed by atoms with Gasteiger partial charge in [-0.2, -0.15) is 0 Å². The molecule has 0 aromatic rings. The normalized spacial score (nSPS) is 11.4. The quantitative estimate of drug-likeness (QED) is 0.445. The zero-order chi connectivity index (χ0) is 10.3. The van der Waals surface area contributed by atoms with E-state index >= 15 is 0 Å². The van der Waals surface area contributed by atoms with Gasteiger partial charge in [-0.3, -0.25) is 0 Å². The van der Waals surface area contributed by atoms with Gasteiger partial charge in [0.15, 0.2) is 0 Å².